The van der Waals surface area contributed by atoms with E-state index in [4.69, 9.17) is 10.2 Å². The quantitative estimate of drug-likeness (QED) is 0.804. The molecular weight excluding hydrogens is 206 g/mol. The highest BCUT2D eigenvalue weighted by Gasteiger charge is 2.34. The van der Waals surface area contributed by atoms with Crippen LogP contribution in [-0.2, 0) is 0 Å². The van der Waals surface area contributed by atoms with E-state index in [2.05, 4.69) is 4.98 Å². The van der Waals surface area contributed by atoms with Crippen LogP contribution in [0, 0.1) is 12.8 Å². The molecule has 1 aliphatic rings. The number of amides is 1. The number of hydrogen-bond acceptors (Lipinski definition) is 4. The summed E-state index contributed by atoms with van der Waals surface area (Å²) in [6.45, 7) is 5.16. The van der Waals surface area contributed by atoms with E-state index < -0.39 is 0 Å². The number of carbonyl (C=O) groups excluding carboxylic acids is 1. The standard InChI is InChI=1S/C11H17N3O2/c1-7-3-9(4-12)5-14(7)11(15)10-8(2)13-6-16-10/h6-7,9H,3-5,12H2,1-2H3. The summed E-state index contributed by atoms with van der Waals surface area (Å²) in [5.41, 5.74) is 6.28. The average molecular weight is 223 g/mol. The smallest absolute Gasteiger partial charge is 0.291 e. The van der Waals surface area contributed by atoms with Crippen LogP contribution in [0.1, 0.15) is 29.6 Å². The minimum absolute atomic E-state index is 0.0709. The fourth-order valence-corrected chi connectivity index (χ4v) is 2.23. The molecule has 0 aliphatic carbocycles. The highest BCUT2D eigenvalue weighted by molar-refractivity contribution is 5.92. The van der Waals surface area contributed by atoms with Crippen LogP contribution in [-0.4, -0.2) is 34.9 Å². The minimum atomic E-state index is -0.0709. The van der Waals surface area contributed by atoms with Crippen LogP contribution in [0.4, 0.5) is 0 Å². The van der Waals surface area contributed by atoms with Gasteiger partial charge in [-0.2, -0.15) is 0 Å². The summed E-state index contributed by atoms with van der Waals surface area (Å²) in [4.78, 5) is 17.9. The summed E-state index contributed by atoms with van der Waals surface area (Å²) in [5, 5.41) is 0. The third-order valence-corrected chi connectivity index (χ3v) is 3.20. The lowest BCUT2D eigenvalue weighted by molar-refractivity contribution is 0.0710. The second-order valence-corrected chi connectivity index (χ2v) is 4.41. The second-order valence-electron chi connectivity index (χ2n) is 4.41. The first-order valence-corrected chi connectivity index (χ1v) is 5.54. The zero-order valence-corrected chi connectivity index (χ0v) is 9.64. The van der Waals surface area contributed by atoms with Gasteiger partial charge in [-0.05, 0) is 32.7 Å². The Morgan fingerprint density at radius 3 is 3.00 bits per heavy atom. The molecule has 1 fully saturated rings. The first-order chi connectivity index (χ1) is 7.63. The van der Waals surface area contributed by atoms with Gasteiger partial charge in [0.2, 0.25) is 5.76 Å². The molecule has 2 N–H and O–H groups in total. The zero-order valence-electron chi connectivity index (χ0n) is 9.64. The van der Waals surface area contributed by atoms with Crippen molar-refractivity contribution < 1.29 is 9.21 Å². The van der Waals surface area contributed by atoms with Gasteiger partial charge in [0.15, 0.2) is 6.39 Å². The van der Waals surface area contributed by atoms with Crippen molar-refractivity contribution >= 4 is 5.91 Å². The molecule has 88 valence electrons. The van der Waals surface area contributed by atoms with Crippen LogP contribution >= 0.6 is 0 Å². The summed E-state index contributed by atoms with van der Waals surface area (Å²) in [6.07, 6.45) is 2.28. The Bertz CT molecular complexity index is 388. The number of likely N-dealkylation sites (tertiary alicyclic amines) is 1. The maximum Gasteiger partial charge on any atom is 0.291 e. The number of aryl methyl sites for hydroxylation is 1. The van der Waals surface area contributed by atoms with Gasteiger partial charge in [-0.15, -0.1) is 0 Å². The monoisotopic (exact) mass is 223 g/mol. The molecule has 1 aromatic heterocycles. The predicted octanol–water partition coefficient (Wildman–Crippen LogP) is 0.792. The fraction of sp³-hybridized carbons (Fsp3) is 0.636. The van der Waals surface area contributed by atoms with Crippen LogP contribution < -0.4 is 5.73 Å². The largest absolute Gasteiger partial charge is 0.438 e. The Morgan fingerprint density at radius 1 is 1.75 bits per heavy atom. The molecule has 2 unspecified atom stereocenters. The molecule has 1 aromatic rings. The highest BCUT2D eigenvalue weighted by Crippen LogP contribution is 2.24. The molecule has 5 nitrogen and oxygen atoms in total. The van der Waals surface area contributed by atoms with Gasteiger partial charge < -0.3 is 15.1 Å². The number of rotatable bonds is 2. The molecule has 2 heterocycles. The van der Waals surface area contributed by atoms with Gasteiger partial charge in [0, 0.05) is 12.6 Å². The normalized spacial score (nSPS) is 25.1. The summed E-state index contributed by atoms with van der Waals surface area (Å²) < 4.78 is 5.12. The Balaban J connectivity index is 2.14. The Kier molecular flexibility index (Phi) is 2.96. The topological polar surface area (TPSA) is 72.4 Å². The second kappa shape index (κ2) is 4.25. The van der Waals surface area contributed by atoms with Crippen LogP contribution in [0.2, 0.25) is 0 Å². The van der Waals surface area contributed by atoms with E-state index in [1.807, 2.05) is 11.8 Å². The lowest BCUT2D eigenvalue weighted by Crippen LogP contribution is -2.34. The molecule has 0 radical (unpaired) electrons. The van der Waals surface area contributed by atoms with Gasteiger partial charge in [0.25, 0.3) is 5.91 Å². The molecule has 2 rings (SSSR count). The van der Waals surface area contributed by atoms with Crippen molar-refractivity contribution in [1.82, 2.24) is 9.88 Å². The van der Waals surface area contributed by atoms with Crippen molar-refractivity contribution in [3.05, 3.63) is 17.8 Å². The number of oxazole rings is 1. The van der Waals surface area contributed by atoms with Crippen LogP contribution in [0.25, 0.3) is 0 Å². The SMILES string of the molecule is Cc1ncoc1C(=O)N1CC(CN)CC1C. The van der Waals surface area contributed by atoms with Gasteiger partial charge in [0.1, 0.15) is 0 Å². The van der Waals surface area contributed by atoms with E-state index in [1.165, 1.54) is 6.39 Å². The third-order valence-electron chi connectivity index (χ3n) is 3.20. The summed E-state index contributed by atoms with van der Waals surface area (Å²) >= 11 is 0. The molecule has 16 heavy (non-hydrogen) atoms. The molecular formula is C11H17N3O2. The zero-order chi connectivity index (χ0) is 11.7. The molecule has 0 bridgehead atoms. The molecule has 1 saturated heterocycles. The summed E-state index contributed by atoms with van der Waals surface area (Å²) in [7, 11) is 0. The van der Waals surface area contributed by atoms with Crippen LogP contribution in [0.5, 0.6) is 0 Å². The molecule has 2 atom stereocenters. The van der Waals surface area contributed by atoms with Crippen LogP contribution in [0.15, 0.2) is 10.8 Å². The van der Waals surface area contributed by atoms with Crippen molar-refractivity contribution in [2.24, 2.45) is 11.7 Å². The van der Waals surface area contributed by atoms with Crippen molar-refractivity contribution in [2.75, 3.05) is 13.1 Å². The first-order valence-electron chi connectivity index (χ1n) is 5.54. The fourth-order valence-electron chi connectivity index (χ4n) is 2.23. The Morgan fingerprint density at radius 2 is 2.50 bits per heavy atom. The maximum absolute atomic E-state index is 12.2. The number of nitrogens with two attached hydrogens (primary N) is 1. The highest BCUT2D eigenvalue weighted by atomic mass is 16.3. The minimum Gasteiger partial charge on any atom is -0.438 e. The summed E-state index contributed by atoms with van der Waals surface area (Å²) in [5.74, 6) is 0.685. The molecule has 1 aliphatic heterocycles. The van der Waals surface area contributed by atoms with Crippen LogP contribution in [0.3, 0.4) is 0 Å². The van der Waals surface area contributed by atoms with Gasteiger partial charge in [-0.25, -0.2) is 4.98 Å². The average Bonchev–Trinajstić information content (AvgIpc) is 2.83. The van der Waals surface area contributed by atoms with Crippen molar-refractivity contribution in [3.63, 3.8) is 0 Å². The van der Waals surface area contributed by atoms with E-state index in [-0.39, 0.29) is 11.9 Å². The first kappa shape index (κ1) is 11.1. The van der Waals surface area contributed by atoms with E-state index in [0.717, 1.165) is 13.0 Å². The number of aromatic nitrogens is 1. The lowest BCUT2D eigenvalue weighted by atomic mass is 10.1. The lowest BCUT2D eigenvalue weighted by Gasteiger charge is -2.20. The number of carbonyl (C=O) groups is 1. The molecule has 0 spiro atoms. The molecule has 1 amide bonds. The predicted molar refractivity (Wildman–Crippen MR) is 58.9 cm³/mol. The van der Waals surface area contributed by atoms with Crippen molar-refractivity contribution in [3.8, 4) is 0 Å². The van der Waals surface area contributed by atoms with Crippen molar-refractivity contribution in [2.45, 2.75) is 26.3 Å². The summed E-state index contributed by atoms with van der Waals surface area (Å²) in [6, 6.07) is 0.227. The van der Waals surface area contributed by atoms with Crippen molar-refractivity contribution in [1.29, 1.82) is 0 Å². The Hall–Kier alpha value is -1.36. The van der Waals surface area contributed by atoms with E-state index in [1.54, 1.807) is 6.92 Å². The van der Waals surface area contributed by atoms with Gasteiger partial charge in [0.05, 0.1) is 5.69 Å². The van der Waals surface area contributed by atoms with E-state index in [9.17, 15) is 4.79 Å². The molecule has 5 heteroatoms. The van der Waals surface area contributed by atoms with E-state index >= 15 is 0 Å². The van der Waals surface area contributed by atoms with Gasteiger partial charge >= 0.3 is 0 Å². The van der Waals surface area contributed by atoms with Gasteiger partial charge in [-0.3, -0.25) is 4.79 Å². The number of hydrogen-bond donors (Lipinski definition) is 1. The number of nitrogens with zero attached hydrogens (tertiary/aromatic N) is 2. The Labute approximate surface area is 94.6 Å². The molecule has 0 saturated carbocycles. The third kappa shape index (κ3) is 1.82. The van der Waals surface area contributed by atoms with E-state index in [0.29, 0.717) is 23.9 Å². The molecule has 0 aromatic carbocycles. The maximum atomic E-state index is 12.2. The van der Waals surface area contributed by atoms with Gasteiger partial charge in [-0.1, -0.05) is 0 Å².